The van der Waals surface area contributed by atoms with Crippen LogP contribution >= 0.6 is 11.6 Å². The molecule has 0 N–H and O–H groups in total. The van der Waals surface area contributed by atoms with Gasteiger partial charge in [-0.05, 0) is 24.1 Å². The smallest absolute Gasteiger partial charge is 0.291 e. The van der Waals surface area contributed by atoms with E-state index in [1.54, 1.807) is 7.11 Å². The van der Waals surface area contributed by atoms with Crippen LogP contribution in [0.4, 0.5) is 0 Å². The van der Waals surface area contributed by atoms with Gasteiger partial charge in [0.15, 0.2) is 0 Å². The lowest BCUT2D eigenvalue weighted by Gasteiger charge is -2.28. The lowest BCUT2D eigenvalue weighted by atomic mass is 10.1. The van der Waals surface area contributed by atoms with Crippen LogP contribution in [-0.4, -0.2) is 35.6 Å². The van der Waals surface area contributed by atoms with Crippen LogP contribution in [0.3, 0.4) is 0 Å². The minimum atomic E-state index is -0.662. The van der Waals surface area contributed by atoms with Crippen molar-refractivity contribution in [2.75, 3.05) is 13.7 Å². The second-order valence-electron chi connectivity index (χ2n) is 4.20. The molecule has 0 spiro atoms. The molecule has 4 nitrogen and oxygen atoms in total. The Labute approximate surface area is 110 Å². The Morgan fingerprint density at radius 3 is 2.61 bits per heavy atom. The molecule has 0 bridgehead atoms. The molecule has 1 saturated heterocycles. The molecular weight excluding hydrogens is 254 g/mol. The quantitative estimate of drug-likeness (QED) is 0.617. The van der Waals surface area contributed by atoms with Crippen LogP contribution in [0.15, 0.2) is 24.3 Å². The molecule has 18 heavy (non-hydrogen) atoms. The summed E-state index contributed by atoms with van der Waals surface area (Å²) in [6.07, 6.45) is 0.516. The van der Waals surface area contributed by atoms with Gasteiger partial charge < -0.3 is 9.64 Å². The van der Waals surface area contributed by atoms with Crippen molar-refractivity contribution >= 4 is 23.3 Å². The highest BCUT2D eigenvalue weighted by Gasteiger charge is 2.33. The Hall–Kier alpha value is -1.55. The highest BCUT2D eigenvalue weighted by molar-refractivity contribution is 6.49. The molecule has 1 aromatic rings. The SMILES string of the molecule is COc1ccc(CN2CCC(Cl)C(=O)C2=O)cc1. The minimum absolute atomic E-state index is 0.429. The first-order valence-corrected chi connectivity index (χ1v) is 6.15. The first-order valence-electron chi connectivity index (χ1n) is 5.72. The van der Waals surface area contributed by atoms with E-state index in [-0.39, 0.29) is 0 Å². The summed E-state index contributed by atoms with van der Waals surface area (Å²) in [4.78, 5) is 24.7. The van der Waals surface area contributed by atoms with Gasteiger partial charge >= 0.3 is 0 Å². The van der Waals surface area contributed by atoms with E-state index in [0.29, 0.717) is 19.5 Å². The van der Waals surface area contributed by atoms with Crippen molar-refractivity contribution in [3.05, 3.63) is 29.8 Å². The van der Waals surface area contributed by atoms with Gasteiger partial charge in [0.2, 0.25) is 5.78 Å². The molecule has 96 valence electrons. The number of benzene rings is 1. The lowest BCUT2D eigenvalue weighted by molar-refractivity contribution is -0.147. The molecule has 1 aliphatic heterocycles. The van der Waals surface area contributed by atoms with Crippen LogP contribution in [0.5, 0.6) is 5.75 Å². The Kier molecular flexibility index (Phi) is 3.87. The van der Waals surface area contributed by atoms with Crippen molar-refractivity contribution in [1.29, 1.82) is 0 Å². The highest BCUT2D eigenvalue weighted by Crippen LogP contribution is 2.18. The van der Waals surface area contributed by atoms with Crippen molar-refractivity contribution in [3.8, 4) is 5.75 Å². The van der Waals surface area contributed by atoms with Crippen molar-refractivity contribution in [3.63, 3.8) is 0 Å². The fourth-order valence-electron chi connectivity index (χ4n) is 1.89. The molecule has 1 aromatic carbocycles. The summed E-state index contributed by atoms with van der Waals surface area (Å²) in [6.45, 7) is 0.947. The molecule has 1 aliphatic rings. The zero-order valence-electron chi connectivity index (χ0n) is 10.1. The predicted octanol–water partition coefficient (Wildman–Crippen LogP) is 1.60. The molecule has 1 unspecified atom stereocenters. The normalized spacial score (nSPS) is 20.1. The van der Waals surface area contributed by atoms with Gasteiger partial charge in [-0.2, -0.15) is 0 Å². The molecule has 0 aromatic heterocycles. The summed E-state index contributed by atoms with van der Waals surface area (Å²) >= 11 is 5.76. The van der Waals surface area contributed by atoms with E-state index < -0.39 is 17.1 Å². The third kappa shape index (κ3) is 2.64. The molecular formula is C13H14ClNO3. The lowest BCUT2D eigenvalue weighted by Crippen LogP contribution is -2.46. The van der Waals surface area contributed by atoms with E-state index in [9.17, 15) is 9.59 Å². The number of nitrogens with zero attached hydrogens (tertiary/aromatic N) is 1. The number of likely N-dealkylation sites (tertiary alicyclic amines) is 1. The molecule has 1 amide bonds. The number of piperidine rings is 1. The third-order valence-electron chi connectivity index (χ3n) is 2.97. The van der Waals surface area contributed by atoms with E-state index in [4.69, 9.17) is 16.3 Å². The van der Waals surface area contributed by atoms with Crippen molar-refractivity contribution in [2.45, 2.75) is 18.3 Å². The number of alkyl halides is 1. The van der Waals surface area contributed by atoms with Crippen LogP contribution in [0, 0.1) is 0 Å². The fourth-order valence-corrected chi connectivity index (χ4v) is 2.08. The van der Waals surface area contributed by atoms with Crippen molar-refractivity contribution in [1.82, 2.24) is 4.90 Å². The van der Waals surface area contributed by atoms with Crippen LogP contribution < -0.4 is 4.74 Å². The topological polar surface area (TPSA) is 46.6 Å². The third-order valence-corrected chi connectivity index (χ3v) is 3.38. The summed E-state index contributed by atoms with van der Waals surface area (Å²) in [5, 5.41) is -0.662. The van der Waals surface area contributed by atoms with Gasteiger partial charge in [0.05, 0.1) is 7.11 Å². The number of halogens is 1. The van der Waals surface area contributed by atoms with E-state index in [2.05, 4.69) is 0 Å². The average molecular weight is 268 g/mol. The van der Waals surface area contributed by atoms with Gasteiger partial charge in [0.25, 0.3) is 5.91 Å². The Bertz CT molecular complexity index is 458. The van der Waals surface area contributed by atoms with E-state index in [1.165, 1.54) is 4.90 Å². The Balaban J connectivity index is 2.04. The van der Waals surface area contributed by atoms with Crippen molar-refractivity contribution < 1.29 is 14.3 Å². The molecule has 1 fully saturated rings. The molecule has 2 rings (SSSR count). The van der Waals surface area contributed by atoms with Crippen LogP contribution in [0.1, 0.15) is 12.0 Å². The van der Waals surface area contributed by atoms with E-state index in [1.807, 2.05) is 24.3 Å². The van der Waals surface area contributed by atoms with Gasteiger partial charge in [0.1, 0.15) is 11.1 Å². The Morgan fingerprint density at radius 2 is 2.00 bits per heavy atom. The maximum Gasteiger partial charge on any atom is 0.291 e. The van der Waals surface area contributed by atoms with Gasteiger partial charge in [0, 0.05) is 13.1 Å². The summed E-state index contributed by atoms with van der Waals surface area (Å²) in [6, 6.07) is 7.42. The highest BCUT2D eigenvalue weighted by atomic mass is 35.5. The number of rotatable bonds is 3. The van der Waals surface area contributed by atoms with E-state index in [0.717, 1.165) is 11.3 Å². The zero-order valence-corrected chi connectivity index (χ0v) is 10.8. The molecule has 1 atom stereocenters. The molecule has 0 radical (unpaired) electrons. The first kappa shape index (κ1) is 12.9. The van der Waals surface area contributed by atoms with Gasteiger partial charge in [-0.25, -0.2) is 0 Å². The monoisotopic (exact) mass is 267 g/mol. The summed E-state index contributed by atoms with van der Waals surface area (Å²) in [5.41, 5.74) is 0.963. The number of carbonyl (C=O) groups excluding carboxylic acids is 2. The summed E-state index contributed by atoms with van der Waals surface area (Å²) in [5.74, 6) is -0.228. The maximum absolute atomic E-state index is 11.7. The predicted molar refractivity (Wildman–Crippen MR) is 67.7 cm³/mol. The number of methoxy groups -OCH3 is 1. The van der Waals surface area contributed by atoms with E-state index >= 15 is 0 Å². The molecule has 5 heteroatoms. The molecule has 0 aliphatic carbocycles. The van der Waals surface area contributed by atoms with Crippen LogP contribution in [0.25, 0.3) is 0 Å². The minimum Gasteiger partial charge on any atom is -0.497 e. The number of hydrogen-bond donors (Lipinski definition) is 0. The summed E-state index contributed by atoms with van der Waals surface area (Å²) in [7, 11) is 1.60. The largest absolute Gasteiger partial charge is 0.497 e. The molecule has 0 saturated carbocycles. The van der Waals surface area contributed by atoms with Gasteiger partial charge in [-0.3, -0.25) is 9.59 Å². The average Bonchev–Trinajstić information content (AvgIpc) is 2.40. The van der Waals surface area contributed by atoms with Crippen molar-refractivity contribution in [2.24, 2.45) is 0 Å². The number of Topliss-reactive ketones (excluding diaryl/α,β-unsaturated/α-hetero) is 1. The zero-order chi connectivity index (χ0) is 13.1. The number of amides is 1. The van der Waals surface area contributed by atoms with Gasteiger partial charge in [-0.1, -0.05) is 12.1 Å². The second-order valence-corrected chi connectivity index (χ2v) is 4.72. The number of ether oxygens (including phenoxy) is 1. The molecule has 1 heterocycles. The fraction of sp³-hybridized carbons (Fsp3) is 0.385. The number of ketones is 1. The maximum atomic E-state index is 11.7. The van der Waals surface area contributed by atoms with Gasteiger partial charge in [-0.15, -0.1) is 11.6 Å². The standard InChI is InChI=1S/C13H14ClNO3/c1-18-10-4-2-9(3-5-10)8-15-7-6-11(14)12(16)13(15)17/h2-5,11H,6-8H2,1H3. The Morgan fingerprint density at radius 1 is 1.33 bits per heavy atom. The summed E-state index contributed by atoms with van der Waals surface area (Å²) < 4.78 is 5.06. The second kappa shape index (κ2) is 5.40. The number of hydrogen-bond acceptors (Lipinski definition) is 3. The van der Waals surface area contributed by atoms with Crippen LogP contribution in [-0.2, 0) is 16.1 Å². The first-order chi connectivity index (χ1) is 8.61. The number of carbonyl (C=O) groups is 2. The van der Waals surface area contributed by atoms with Crippen LogP contribution in [0.2, 0.25) is 0 Å².